The Morgan fingerprint density at radius 3 is 2.39 bits per heavy atom. The molecule has 2 atom stereocenters. The van der Waals surface area contributed by atoms with E-state index in [9.17, 15) is 22.5 Å². The molecule has 0 bridgehead atoms. The first-order valence-corrected chi connectivity index (χ1v) is 9.46. The van der Waals surface area contributed by atoms with Crippen LogP contribution in [0.25, 0.3) is 0 Å². The SMILES string of the molecule is CCOP(=O)(OCC)C(Br)C1C=CC(NC(=O)C(F)(F)F)=CC1. The number of carbonyl (C=O) groups is 1. The summed E-state index contributed by atoms with van der Waals surface area (Å²) in [6, 6.07) is 0. The van der Waals surface area contributed by atoms with Crippen LogP contribution in [0.1, 0.15) is 20.3 Å². The molecule has 0 aromatic rings. The summed E-state index contributed by atoms with van der Waals surface area (Å²) >= 11 is 3.31. The number of nitrogens with one attached hydrogen (secondary N) is 1. The molecule has 2 unspecified atom stereocenters. The topological polar surface area (TPSA) is 64.6 Å². The van der Waals surface area contributed by atoms with Gasteiger partial charge in [-0.25, -0.2) is 0 Å². The lowest BCUT2D eigenvalue weighted by Gasteiger charge is -2.28. The number of allylic oxidation sites excluding steroid dienone is 3. The summed E-state index contributed by atoms with van der Waals surface area (Å²) in [4.78, 5) is 10.9. The monoisotopic (exact) mass is 419 g/mol. The first kappa shape index (κ1) is 20.4. The van der Waals surface area contributed by atoms with Gasteiger partial charge >= 0.3 is 19.7 Å². The lowest BCUT2D eigenvalue weighted by atomic mass is 10.0. The molecule has 1 rings (SSSR count). The maximum atomic E-state index is 12.6. The maximum Gasteiger partial charge on any atom is 0.471 e. The third-order valence-corrected chi connectivity index (χ3v) is 7.33. The lowest BCUT2D eigenvalue weighted by Crippen LogP contribution is -2.36. The van der Waals surface area contributed by atoms with Gasteiger partial charge in [-0.05, 0) is 26.3 Å². The van der Waals surface area contributed by atoms with Gasteiger partial charge in [-0.1, -0.05) is 28.1 Å². The Labute approximate surface area is 140 Å². The van der Waals surface area contributed by atoms with Gasteiger partial charge in [0.05, 0.1) is 13.2 Å². The molecule has 23 heavy (non-hydrogen) atoms. The van der Waals surface area contributed by atoms with Crippen LogP contribution in [0.15, 0.2) is 23.9 Å². The number of hydrogen-bond donors (Lipinski definition) is 1. The van der Waals surface area contributed by atoms with Crippen LogP contribution in [0.2, 0.25) is 0 Å². The van der Waals surface area contributed by atoms with E-state index in [1.165, 1.54) is 12.2 Å². The van der Waals surface area contributed by atoms with E-state index in [4.69, 9.17) is 9.05 Å². The van der Waals surface area contributed by atoms with Crippen molar-refractivity contribution < 1.29 is 31.6 Å². The summed E-state index contributed by atoms with van der Waals surface area (Å²) in [6.45, 7) is 3.79. The molecule has 1 amide bonds. The Morgan fingerprint density at radius 1 is 1.43 bits per heavy atom. The fraction of sp³-hybridized carbons (Fsp3) is 0.615. The molecule has 1 aliphatic carbocycles. The van der Waals surface area contributed by atoms with E-state index in [0.29, 0.717) is 0 Å². The van der Waals surface area contributed by atoms with E-state index >= 15 is 0 Å². The fourth-order valence-corrected chi connectivity index (χ4v) is 4.78. The Hall–Kier alpha value is -0.630. The normalized spacial score (nSPS) is 20.1. The van der Waals surface area contributed by atoms with Crippen molar-refractivity contribution in [3.63, 3.8) is 0 Å². The van der Waals surface area contributed by atoms with E-state index < -0.39 is 24.2 Å². The van der Waals surface area contributed by atoms with Crippen LogP contribution >= 0.6 is 23.5 Å². The molecule has 5 nitrogen and oxygen atoms in total. The average molecular weight is 420 g/mol. The predicted octanol–water partition coefficient (Wildman–Crippen LogP) is 4.11. The van der Waals surface area contributed by atoms with E-state index in [1.807, 2.05) is 0 Å². The third-order valence-electron chi connectivity index (χ3n) is 2.92. The molecule has 0 aromatic carbocycles. The van der Waals surface area contributed by atoms with Crippen LogP contribution in [-0.4, -0.2) is 29.9 Å². The highest BCUT2D eigenvalue weighted by molar-refractivity contribution is 9.10. The molecule has 0 radical (unpaired) electrons. The van der Waals surface area contributed by atoms with Gasteiger partial charge in [-0.3, -0.25) is 9.36 Å². The molecule has 10 heteroatoms. The Bertz CT molecular complexity index is 526. The standard InChI is InChI=1S/C13H18BrF3NO4P/c1-3-21-23(20,22-4-2)11(14)9-5-7-10(8-6-9)18-12(19)13(15,16)17/h5,7-9,11H,3-4,6H2,1-2H3,(H,18,19). The van der Waals surface area contributed by atoms with Crippen LogP contribution < -0.4 is 5.32 Å². The molecular formula is C13H18BrF3NO4P. The van der Waals surface area contributed by atoms with Gasteiger partial charge in [-0.2, -0.15) is 13.2 Å². The summed E-state index contributed by atoms with van der Waals surface area (Å²) in [5, 5.41) is 1.77. The summed E-state index contributed by atoms with van der Waals surface area (Å²) in [5.41, 5.74) is 0.0472. The van der Waals surface area contributed by atoms with Crippen LogP contribution in [0.4, 0.5) is 13.2 Å². The van der Waals surface area contributed by atoms with E-state index in [2.05, 4.69) is 15.9 Å². The van der Waals surface area contributed by atoms with Gasteiger partial charge in [0, 0.05) is 11.6 Å². The molecule has 0 fully saturated rings. The van der Waals surface area contributed by atoms with E-state index in [0.717, 1.165) is 0 Å². The predicted molar refractivity (Wildman–Crippen MR) is 83.1 cm³/mol. The molecule has 0 spiro atoms. The third kappa shape index (κ3) is 5.74. The molecule has 0 aromatic heterocycles. The van der Waals surface area contributed by atoms with Gasteiger partial charge in [0.25, 0.3) is 0 Å². The number of halogens is 4. The summed E-state index contributed by atoms with van der Waals surface area (Å²) in [6.07, 6.45) is -0.317. The largest absolute Gasteiger partial charge is 0.471 e. The molecule has 1 N–H and O–H groups in total. The molecule has 1 aliphatic rings. The zero-order chi connectivity index (χ0) is 17.7. The van der Waals surface area contributed by atoms with Gasteiger partial charge in [-0.15, -0.1) is 0 Å². The highest BCUT2D eigenvalue weighted by Crippen LogP contribution is 2.59. The zero-order valence-electron chi connectivity index (χ0n) is 12.6. The number of carbonyl (C=O) groups excluding carboxylic acids is 1. The van der Waals surface area contributed by atoms with Crippen LogP contribution in [0.5, 0.6) is 0 Å². The van der Waals surface area contributed by atoms with Crippen molar-refractivity contribution in [3.8, 4) is 0 Å². The highest BCUT2D eigenvalue weighted by Gasteiger charge is 2.40. The van der Waals surface area contributed by atoms with Crippen LogP contribution in [0, 0.1) is 5.92 Å². The number of rotatable bonds is 7. The highest BCUT2D eigenvalue weighted by atomic mass is 79.9. The molecule has 0 aliphatic heterocycles. The minimum absolute atomic E-state index is 0.0472. The summed E-state index contributed by atoms with van der Waals surface area (Å²) in [5.74, 6) is -2.33. The molecule has 132 valence electrons. The number of alkyl halides is 4. The van der Waals surface area contributed by atoms with E-state index in [1.54, 1.807) is 25.2 Å². The van der Waals surface area contributed by atoms with Gasteiger partial charge in [0.2, 0.25) is 0 Å². The second kappa shape index (κ2) is 8.46. The molecule has 0 heterocycles. The minimum Gasteiger partial charge on any atom is -0.319 e. The van der Waals surface area contributed by atoms with Crippen LogP contribution in [0.3, 0.4) is 0 Å². The van der Waals surface area contributed by atoms with Crippen molar-refractivity contribution in [2.75, 3.05) is 13.2 Å². The summed E-state index contributed by atoms with van der Waals surface area (Å²) < 4.78 is 59.1. The average Bonchev–Trinajstić information content (AvgIpc) is 2.47. The van der Waals surface area contributed by atoms with Crippen LogP contribution in [-0.2, 0) is 18.4 Å². The lowest BCUT2D eigenvalue weighted by molar-refractivity contribution is -0.172. The fourth-order valence-electron chi connectivity index (χ4n) is 1.91. The van der Waals surface area contributed by atoms with Crippen molar-refractivity contribution in [3.05, 3.63) is 23.9 Å². The summed E-state index contributed by atoms with van der Waals surface area (Å²) in [7, 11) is -3.38. The smallest absolute Gasteiger partial charge is 0.319 e. The first-order valence-electron chi connectivity index (χ1n) is 6.93. The Morgan fingerprint density at radius 2 is 2.00 bits per heavy atom. The van der Waals surface area contributed by atoms with E-state index in [-0.39, 0.29) is 31.2 Å². The van der Waals surface area contributed by atoms with Crippen molar-refractivity contribution in [2.45, 2.75) is 31.0 Å². The Kier molecular flexibility index (Phi) is 7.51. The van der Waals surface area contributed by atoms with Gasteiger partial charge < -0.3 is 14.4 Å². The quantitative estimate of drug-likeness (QED) is 0.498. The minimum atomic E-state index is -4.94. The van der Waals surface area contributed by atoms with Gasteiger partial charge in [0.1, 0.15) is 4.57 Å². The van der Waals surface area contributed by atoms with Crippen molar-refractivity contribution >= 4 is 29.4 Å². The van der Waals surface area contributed by atoms with Crippen molar-refractivity contribution in [2.24, 2.45) is 5.92 Å². The van der Waals surface area contributed by atoms with Gasteiger partial charge in [0.15, 0.2) is 0 Å². The number of amides is 1. The zero-order valence-corrected chi connectivity index (χ0v) is 15.1. The molecule has 0 saturated carbocycles. The second-order valence-electron chi connectivity index (χ2n) is 4.62. The molecule has 0 saturated heterocycles. The second-order valence-corrected chi connectivity index (χ2v) is 8.46. The Balaban J connectivity index is 2.73. The van der Waals surface area contributed by atoms with Crippen molar-refractivity contribution in [1.82, 2.24) is 5.32 Å². The van der Waals surface area contributed by atoms with Crippen molar-refractivity contribution in [1.29, 1.82) is 0 Å². The first-order chi connectivity index (χ1) is 10.6. The number of hydrogen-bond acceptors (Lipinski definition) is 4. The molecular weight excluding hydrogens is 402 g/mol. The maximum absolute atomic E-state index is 12.6.